The Morgan fingerprint density at radius 3 is 2.39 bits per heavy atom. The third-order valence-corrected chi connectivity index (χ3v) is 5.24. The molecule has 1 fully saturated rings. The monoisotopic (exact) mass is 312 g/mol. The van der Waals surface area contributed by atoms with Crippen LogP contribution in [0.4, 0.5) is 5.82 Å². The van der Waals surface area contributed by atoms with Crippen molar-refractivity contribution in [3.05, 3.63) is 47.2 Å². The van der Waals surface area contributed by atoms with Crippen molar-refractivity contribution in [3.8, 4) is 0 Å². The number of nitrogens with one attached hydrogen (secondary N) is 1. The number of nitrogens with zero attached hydrogens (tertiary/aromatic N) is 1. The third kappa shape index (κ3) is 3.15. The maximum atomic E-state index is 5.45. The van der Waals surface area contributed by atoms with Crippen molar-refractivity contribution in [2.24, 2.45) is 11.3 Å². The van der Waals surface area contributed by atoms with Crippen molar-refractivity contribution < 1.29 is 4.52 Å². The summed E-state index contributed by atoms with van der Waals surface area (Å²) in [5, 5.41) is 7.61. The normalized spacial score (nSPS) is 22.9. The van der Waals surface area contributed by atoms with Crippen LogP contribution < -0.4 is 5.32 Å². The summed E-state index contributed by atoms with van der Waals surface area (Å²) in [5.41, 5.74) is 3.09. The fourth-order valence-corrected chi connectivity index (χ4v) is 3.49. The van der Waals surface area contributed by atoms with Gasteiger partial charge in [-0.05, 0) is 29.7 Å². The lowest BCUT2D eigenvalue weighted by atomic mass is 9.93. The smallest absolute Gasteiger partial charge is 0.169 e. The SMILES string of the molecule is Cc1ccc(C2C(CNc3cc(C(C)(C)C)on3)C2(C)C)cc1. The lowest BCUT2D eigenvalue weighted by molar-refractivity contribution is 0.330. The van der Waals surface area contributed by atoms with Crippen LogP contribution in [0.1, 0.15) is 57.4 Å². The molecule has 1 saturated carbocycles. The van der Waals surface area contributed by atoms with E-state index in [0.717, 1.165) is 18.1 Å². The first kappa shape index (κ1) is 16.1. The fraction of sp³-hybridized carbons (Fsp3) is 0.550. The molecular formula is C20H28N2O. The predicted molar refractivity (Wildman–Crippen MR) is 94.9 cm³/mol. The van der Waals surface area contributed by atoms with Crippen LogP contribution in [0.2, 0.25) is 0 Å². The van der Waals surface area contributed by atoms with Crippen molar-refractivity contribution in [1.29, 1.82) is 0 Å². The average molecular weight is 312 g/mol. The number of rotatable bonds is 4. The van der Waals surface area contributed by atoms with Crippen molar-refractivity contribution >= 4 is 5.82 Å². The van der Waals surface area contributed by atoms with E-state index >= 15 is 0 Å². The molecule has 0 saturated heterocycles. The van der Waals surface area contributed by atoms with Gasteiger partial charge in [-0.1, -0.05) is 69.6 Å². The number of aryl methyl sites for hydroxylation is 1. The molecule has 3 heteroatoms. The second-order valence-corrected chi connectivity index (χ2v) is 8.52. The van der Waals surface area contributed by atoms with Gasteiger partial charge in [0.1, 0.15) is 5.76 Å². The molecule has 3 rings (SSSR count). The minimum atomic E-state index is -0.00375. The molecule has 0 spiro atoms. The molecule has 1 aliphatic rings. The number of hydrogen-bond donors (Lipinski definition) is 1. The van der Waals surface area contributed by atoms with E-state index in [2.05, 4.69) is 76.3 Å². The van der Waals surface area contributed by atoms with E-state index in [1.54, 1.807) is 0 Å². The Bertz CT molecular complexity index is 676. The second kappa shape index (κ2) is 5.40. The summed E-state index contributed by atoms with van der Waals surface area (Å²) < 4.78 is 5.45. The molecular weight excluding hydrogens is 284 g/mol. The first-order valence-corrected chi connectivity index (χ1v) is 8.47. The number of benzene rings is 1. The lowest BCUT2D eigenvalue weighted by Gasteiger charge is -2.12. The minimum Gasteiger partial charge on any atom is -0.367 e. The highest BCUT2D eigenvalue weighted by Crippen LogP contribution is 2.64. The first-order chi connectivity index (χ1) is 10.7. The zero-order valence-corrected chi connectivity index (χ0v) is 15.1. The van der Waals surface area contributed by atoms with Crippen LogP contribution in [0.5, 0.6) is 0 Å². The highest BCUT2D eigenvalue weighted by atomic mass is 16.5. The zero-order chi connectivity index (χ0) is 16.8. The minimum absolute atomic E-state index is 0.00375. The second-order valence-electron chi connectivity index (χ2n) is 8.52. The van der Waals surface area contributed by atoms with Gasteiger partial charge in [-0.2, -0.15) is 0 Å². The van der Waals surface area contributed by atoms with Gasteiger partial charge in [0.15, 0.2) is 5.82 Å². The highest BCUT2D eigenvalue weighted by molar-refractivity contribution is 5.39. The molecule has 0 bridgehead atoms. The predicted octanol–water partition coefficient (Wildman–Crippen LogP) is 5.13. The van der Waals surface area contributed by atoms with Gasteiger partial charge in [-0.3, -0.25) is 0 Å². The molecule has 1 heterocycles. The largest absolute Gasteiger partial charge is 0.367 e. The van der Waals surface area contributed by atoms with E-state index in [4.69, 9.17) is 4.52 Å². The summed E-state index contributed by atoms with van der Waals surface area (Å²) in [6.45, 7) is 14.2. The molecule has 0 amide bonds. The van der Waals surface area contributed by atoms with Crippen molar-refractivity contribution in [2.75, 3.05) is 11.9 Å². The van der Waals surface area contributed by atoms with E-state index in [1.807, 2.05) is 6.07 Å². The van der Waals surface area contributed by atoms with E-state index in [9.17, 15) is 0 Å². The van der Waals surface area contributed by atoms with Gasteiger partial charge in [0, 0.05) is 18.0 Å². The Morgan fingerprint density at radius 2 is 1.83 bits per heavy atom. The van der Waals surface area contributed by atoms with E-state index in [-0.39, 0.29) is 5.41 Å². The third-order valence-electron chi connectivity index (χ3n) is 5.24. The van der Waals surface area contributed by atoms with Gasteiger partial charge in [0.25, 0.3) is 0 Å². The first-order valence-electron chi connectivity index (χ1n) is 8.47. The van der Waals surface area contributed by atoms with Crippen LogP contribution in [0.25, 0.3) is 0 Å². The summed E-state index contributed by atoms with van der Waals surface area (Å²) in [7, 11) is 0. The molecule has 2 atom stereocenters. The van der Waals surface area contributed by atoms with Crippen molar-refractivity contribution in [3.63, 3.8) is 0 Å². The summed E-state index contributed by atoms with van der Waals surface area (Å²) >= 11 is 0. The van der Waals surface area contributed by atoms with E-state index < -0.39 is 0 Å². The molecule has 2 aromatic rings. The number of aromatic nitrogens is 1. The van der Waals surface area contributed by atoms with Crippen LogP contribution in [-0.4, -0.2) is 11.7 Å². The van der Waals surface area contributed by atoms with Crippen LogP contribution in [0.15, 0.2) is 34.9 Å². The Labute approximate surface area is 139 Å². The summed E-state index contributed by atoms with van der Waals surface area (Å²) in [6.07, 6.45) is 0. The van der Waals surface area contributed by atoms with Crippen molar-refractivity contribution in [2.45, 2.75) is 52.9 Å². The summed E-state index contributed by atoms with van der Waals surface area (Å²) in [4.78, 5) is 0. The maximum Gasteiger partial charge on any atom is 0.169 e. The van der Waals surface area contributed by atoms with Crippen LogP contribution in [0, 0.1) is 18.3 Å². The molecule has 0 radical (unpaired) electrons. The highest BCUT2D eigenvalue weighted by Gasteiger charge is 2.57. The molecule has 0 aliphatic heterocycles. The van der Waals surface area contributed by atoms with E-state index in [0.29, 0.717) is 17.3 Å². The standard InChI is InChI=1S/C20H28N2O/c1-13-7-9-14(10-8-13)18-15(20(18,5)6)12-21-17-11-16(23-22-17)19(2,3)4/h7-11,15,18H,12H2,1-6H3,(H,21,22). The van der Waals surface area contributed by atoms with E-state index in [1.165, 1.54) is 11.1 Å². The van der Waals surface area contributed by atoms with Crippen LogP contribution in [-0.2, 0) is 5.41 Å². The average Bonchev–Trinajstić information content (AvgIpc) is 2.84. The maximum absolute atomic E-state index is 5.45. The molecule has 23 heavy (non-hydrogen) atoms. The molecule has 2 unspecified atom stereocenters. The molecule has 1 aromatic carbocycles. The van der Waals surface area contributed by atoms with Crippen LogP contribution in [0.3, 0.4) is 0 Å². The number of anilines is 1. The Kier molecular flexibility index (Phi) is 3.78. The lowest BCUT2D eigenvalue weighted by Crippen LogP contribution is -2.09. The number of hydrogen-bond acceptors (Lipinski definition) is 3. The molecule has 1 N–H and O–H groups in total. The van der Waals surface area contributed by atoms with Gasteiger partial charge in [0.05, 0.1) is 0 Å². The molecule has 1 aromatic heterocycles. The Morgan fingerprint density at radius 1 is 1.17 bits per heavy atom. The Hall–Kier alpha value is -1.77. The van der Waals surface area contributed by atoms with Gasteiger partial charge in [0.2, 0.25) is 0 Å². The van der Waals surface area contributed by atoms with Crippen molar-refractivity contribution in [1.82, 2.24) is 5.16 Å². The van der Waals surface area contributed by atoms with Gasteiger partial charge < -0.3 is 9.84 Å². The summed E-state index contributed by atoms with van der Waals surface area (Å²) in [6, 6.07) is 11.0. The quantitative estimate of drug-likeness (QED) is 0.850. The van der Waals surface area contributed by atoms with Gasteiger partial charge in [-0.15, -0.1) is 0 Å². The molecule has 3 nitrogen and oxygen atoms in total. The Balaban J connectivity index is 1.64. The van der Waals surface area contributed by atoms with Crippen LogP contribution >= 0.6 is 0 Å². The summed E-state index contributed by atoms with van der Waals surface area (Å²) in [5.74, 6) is 3.01. The fourth-order valence-electron chi connectivity index (χ4n) is 3.49. The van der Waals surface area contributed by atoms with Gasteiger partial charge >= 0.3 is 0 Å². The molecule has 1 aliphatic carbocycles. The molecule has 124 valence electrons. The topological polar surface area (TPSA) is 38.1 Å². The van der Waals surface area contributed by atoms with Gasteiger partial charge in [-0.25, -0.2) is 0 Å². The zero-order valence-electron chi connectivity index (χ0n) is 15.1.